The number of ether oxygens (including phenoxy) is 1. The summed E-state index contributed by atoms with van der Waals surface area (Å²) in [7, 11) is 0. The fourth-order valence-corrected chi connectivity index (χ4v) is 1.64. The number of nitrogens with two attached hydrogens (primary N) is 1. The van der Waals surface area contributed by atoms with Crippen molar-refractivity contribution in [2.24, 2.45) is 5.73 Å². The second-order valence-corrected chi connectivity index (χ2v) is 4.76. The van der Waals surface area contributed by atoms with Gasteiger partial charge in [0.05, 0.1) is 13.0 Å². The molecule has 0 aliphatic heterocycles. The largest absolute Gasteiger partial charge is 0.493 e. The molecular weight excluding hydrogens is 240 g/mol. The molecule has 3 N–H and O–H groups in total. The number of hydrogen-bond donors (Lipinski definition) is 2. The lowest BCUT2D eigenvalue weighted by molar-refractivity contribution is -0.121. The summed E-state index contributed by atoms with van der Waals surface area (Å²) >= 11 is 0. The van der Waals surface area contributed by atoms with E-state index < -0.39 is 0 Å². The molecule has 0 atom stereocenters. The standard InChI is InChI=1S/C15H24N2O2/c1-3-15(16,4-2)12-17-14(18)10-11-19-13-8-6-5-7-9-13/h5-9H,3-4,10-12,16H2,1-2H3,(H,17,18). The van der Waals surface area contributed by atoms with E-state index in [1.54, 1.807) is 0 Å². The van der Waals surface area contributed by atoms with Crippen molar-refractivity contribution in [3.8, 4) is 5.75 Å². The van der Waals surface area contributed by atoms with E-state index >= 15 is 0 Å². The van der Waals surface area contributed by atoms with Gasteiger partial charge in [0.15, 0.2) is 0 Å². The molecule has 0 radical (unpaired) electrons. The molecule has 0 unspecified atom stereocenters. The lowest BCUT2D eigenvalue weighted by Gasteiger charge is -2.26. The molecule has 0 aliphatic rings. The van der Waals surface area contributed by atoms with Crippen LogP contribution in [0.25, 0.3) is 0 Å². The smallest absolute Gasteiger partial charge is 0.223 e. The molecule has 0 aromatic heterocycles. The Bertz CT molecular complexity index is 375. The first-order valence-corrected chi connectivity index (χ1v) is 6.83. The van der Waals surface area contributed by atoms with Gasteiger partial charge < -0.3 is 15.8 Å². The van der Waals surface area contributed by atoms with E-state index in [1.165, 1.54) is 0 Å². The second kappa shape index (κ2) is 7.79. The van der Waals surface area contributed by atoms with Gasteiger partial charge in [0.2, 0.25) is 5.91 Å². The summed E-state index contributed by atoms with van der Waals surface area (Å²) in [4.78, 5) is 11.7. The van der Waals surface area contributed by atoms with Crippen molar-refractivity contribution < 1.29 is 9.53 Å². The Kier molecular flexibility index (Phi) is 6.36. The molecule has 1 rings (SSSR count). The van der Waals surface area contributed by atoms with Crippen LogP contribution in [0.3, 0.4) is 0 Å². The second-order valence-electron chi connectivity index (χ2n) is 4.76. The van der Waals surface area contributed by atoms with Crippen LogP contribution < -0.4 is 15.8 Å². The van der Waals surface area contributed by atoms with Crippen LogP contribution in [0.5, 0.6) is 5.75 Å². The Balaban J connectivity index is 2.22. The number of hydrogen-bond acceptors (Lipinski definition) is 3. The third-order valence-corrected chi connectivity index (χ3v) is 3.39. The predicted octanol–water partition coefficient (Wildman–Crippen LogP) is 2.09. The van der Waals surface area contributed by atoms with E-state index in [0.717, 1.165) is 18.6 Å². The quantitative estimate of drug-likeness (QED) is 0.755. The van der Waals surface area contributed by atoms with Crippen molar-refractivity contribution in [2.75, 3.05) is 13.2 Å². The van der Waals surface area contributed by atoms with Crippen molar-refractivity contribution in [1.82, 2.24) is 5.32 Å². The van der Waals surface area contributed by atoms with E-state index in [2.05, 4.69) is 5.32 Å². The van der Waals surface area contributed by atoms with Gasteiger partial charge in [-0.2, -0.15) is 0 Å². The van der Waals surface area contributed by atoms with Crippen LogP contribution >= 0.6 is 0 Å². The molecule has 4 nitrogen and oxygen atoms in total. The summed E-state index contributed by atoms with van der Waals surface area (Å²) in [5, 5.41) is 2.87. The topological polar surface area (TPSA) is 64.3 Å². The lowest BCUT2D eigenvalue weighted by Crippen LogP contribution is -2.49. The summed E-state index contributed by atoms with van der Waals surface area (Å²) in [6.07, 6.45) is 2.05. The zero-order valence-electron chi connectivity index (χ0n) is 11.8. The minimum atomic E-state index is -0.296. The van der Waals surface area contributed by atoms with Crippen molar-refractivity contribution in [3.63, 3.8) is 0 Å². The monoisotopic (exact) mass is 264 g/mol. The number of nitrogens with one attached hydrogen (secondary N) is 1. The van der Waals surface area contributed by atoms with Gasteiger partial charge in [-0.05, 0) is 25.0 Å². The van der Waals surface area contributed by atoms with Crippen molar-refractivity contribution in [2.45, 2.75) is 38.6 Å². The molecule has 19 heavy (non-hydrogen) atoms. The average molecular weight is 264 g/mol. The van der Waals surface area contributed by atoms with E-state index in [0.29, 0.717) is 19.6 Å². The average Bonchev–Trinajstić information content (AvgIpc) is 2.46. The number of carbonyl (C=O) groups excluding carboxylic acids is 1. The van der Waals surface area contributed by atoms with Gasteiger partial charge in [0, 0.05) is 12.1 Å². The summed E-state index contributed by atoms with van der Waals surface area (Å²) in [6, 6.07) is 9.48. The van der Waals surface area contributed by atoms with E-state index in [-0.39, 0.29) is 11.4 Å². The van der Waals surface area contributed by atoms with Crippen molar-refractivity contribution in [3.05, 3.63) is 30.3 Å². The van der Waals surface area contributed by atoms with Crippen LogP contribution in [-0.4, -0.2) is 24.6 Å². The number of benzene rings is 1. The Morgan fingerprint density at radius 2 is 1.89 bits per heavy atom. The van der Waals surface area contributed by atoms with Gasteiger partial charge in [-0.15, -0.1) is 0 Å². The summed E-state index contributed by atoms with van der Waals surface area (Å²) in [5.41, 5.74) is 5.82. The molecule has 1 aromatic rings. The van der Waals surface area contributed by atoms with Crippen LogP contribution in [0, 0.1) is 0 Å². The van der Waals surface area contributed by atoms with Gasteiger partial charge in [-0.25, -0.2) is 0 Å². The molecule has 0 spiro atoms. The van der Waals surface area contributed by atoms with Gasteiger partial charge in [0.1, 0.15) is 5.75 Å². The van der Waals surface area contributed by atoms with Crippen LogP contribution in [-0.2, 0) is 4.79 Å². The molecule has 0 saturated carbocycles. The summed E-state index contributed by atoms with van der Waals surface area (Å²) in [5.74, 6) is 0.762. The number of amides is 1. The Morgan fingerprint density at radius 3 is 2.47 bits per heavy atom. The molecular formula is C15H24N2O2. The molecule has 0 aliphatic carbocycles. The van der Waals surface area contributed by atoms with Crippen LogP contribution in [0.1, 0.15) is 33.1 Å². The molecule has 0 heterocycles. The van der Waals surface area contributed by atoms with E-state index in [4.69, 9.17) is 10.5 Å². The third kappa shape index (κ3) is 5.75. The Morgan fingerprint density at radius 1 is 1.26 bits per heavy atom. The number of rotatable bonds is 8. The highest BCUT2D eigenvalue weighted by molar-refractivity contribution is 5.76. The lowest BCUT2D eigenvalue weighted by atomic mass is 9.94. The highest BCUT2D eigenvalue weighted by Crippen LogP contribution is 2.10. The van der Waals surface area contributed by atoms with Crippen LogP contribution in [0.2, 0.25) is 0 Å². The highest BCUT2D eigenvalue weighted by Gasteiger charge is 2.20. The molecule has 1 amide bonds. The predicted molar refractivity (Wildman–Crippen MR) is 77.1 cm³/mol. The molecule has 106 valence electrons. The SMILES string of the molecule is CCC(N)(CC)CNC(=O)CCOc1ccccc1. The highest BCUT2D eigenvalue weighted by atomic mass is 16.5. The summed E-state index contributed by atoms with van der Waals surface area (Å²) < 4.78 is 5.47. The van der Waals surface area contributed by atoms with Crippen LogP contribution in [0.4, 0.5) is 0 Å². The third-order valence-electron chi connectivity index (χ3n) is 3.39. The Hall–Kier alpha value is -1.55. The normalized spacial score (nSPS) is 11.1. The fourth-order valence-electron chi connectivity index (χ4n) is 1.64. The molecule has 4 heteroatoms. The molecule has 0 saturated heterocycles. The maximum Gasteiger partial charge on any atom is 0.223 e. The summed E-state index contributed by atoms with van der Waals surface area (Å²) in [6.45, 7) is 4.97. The first kappa shape index (κ1) is 15.5. The molecule has 0 fully saturated rings. The van der Waals surface area contributed by atoms with E-state index in [9.17, 15) is 4.79 Å². The van der Waals surface area contributed by atoms with Crippen molar-refractivity contribution in [1.29, 1.82) is 0 Å². The minimum absolute atomic E-state index is 0.0207. The Labute approximate surface area is 115 Å². The van der Waals surface area contributed by atoms with Gasteiger partial charge in [-0.1, -0.05) is 32.0 Å². The van der Waals surface area contributed by atoms with Crippen molar-refractivity contribution >= 4 is 5.91 Å². The molecule has 1 aromatic carbocycles. The maximum absolute atomic E-state index is 11.7. The number of carbonyl (C=O) groups is 1. The zero-order valence-corrected chi connectivity index (χ0v) is 11.8. The first-order valence-electron chi connectivity index (χ1n) is 6.83. The zero-order chi connectivity index (χ0) is 14.1. The van der Waals surface area contributed by atoms with E-state index in [1.807, 2.05) is 44.2 Å². The number of para-hydroxylation sites is 1. The minimum Gasteiger partial charge on any atom is -0.493 e. The first-order chi connectivity index (χ1) is 9.09. The van der Waals surface area contributed by atoms with Gasteiger partial charge >= 0.3 is 0 Å². The molecule has 0 bridgehead atoms. The van der Waals surface area contributed by atoms with Gasteiger partial charge in [-0.3, -0.25) is 4.79 Å². The fraction of sp³-hybridized carbons (Fsp3) is 0.533. The van der Waals surface area contributed by atoms with Gasteiger partial charge in [0.25, 0.3) is 0 Å². The van der Waals surface area contributed by atoms with Crippen LogP contribution in [0.15, 0.2) is 30.3 Å². The maximum atomic E-state index is 11.7.